The van der Waals surface area contributed by atoms with Crippen molar-refractivity contribution in [2.24, 2.45) is 11.7 Å². The lowest BCUT2D eigenvalue weighted by molar-refractivity contribution is -0.140. The predicted molar refractivity (Wildman–Crippen MR) is 63.1 cm³/mol. The summed E-state index contributed by atoms with van der Waals surface area (Å²) in [6.07, 6.45) is -0.154. The van der Waals surface area contributed by atoms with E-state index in [-0.39, 0.29) is 24.5 Å². The zero-order valence-corrected chi connectivity index (χ0v) is 10.3. The third kappa shape index (κ3) is 14.7. The smallest absolute Gasteiger partial charge is 0.321 e. The van der Waals surface area contributed by atoms with Gasteiger partial charge in [-0.25, -0.2) is 0 Å². The first kappa shape index (κ1) is 18.1. The highest BCUT2D eigenvalue weighted by Crippen LogP contribution is 2.06. The van der Waals surface area contributed by atoms with Crippen LogP contribution >= 0.6 is 12.6 Å². The fourth-order valence-corrected chi connectivity index (χ4v) is 0.903. The maximum absolute atomic E-state index is 10.00. The van der Waals surface area contributed by atoms with E-state index in [2.05, 4.69) is 12.6 Å². The lowest BCUT2D eigenvalue weighted by Crippen LogP contribution is -2.31. The Labute approximate surface area is 104 Å². The standard InChI is InChI=1S/C6H10O4.C3H7NO2S/c1-4(2-5(7)8)3-6(9)10;4-2(1-7)3(5)6/h4H,2-3H2,1H3,(H,7,8)(H,9,10);2,7H,1,4H2,(H,5,6). The van der Waals surface area contributed by atoms with Crippen LogP contribution in [0.1, 0.15) is 19.8 Å². The Bertz CT molecular complexity index is 254. The van der Waals surface area contributed by atoms with Crippen molar-refractivity contribution in [1.29, 1.82) is 0 Å². The number of hydrogen-bond acceptors (Lipinski definition) is 5. The second-order valence-corrected chi connectivity index (χ2v) is 3.79. The molecule has 8 heteroatoms. The van der Waals surface area contributed by atoms with E-state index in [1.54, 1.807) is 6.92 Å². The van der Waals surface area contributed by atoms with Gasteiger partial charge in [0.25, 0.3) is 0 Å². The Balaban J connectivity index is 0. The molecule has 0 aliphatic rings. The fraction of sp³-hybridized carbons (Fsp3) is 0.667. The molecule has 0 aromatic heterocycles. The first-order valence-corrected chi connectivity index (χ1v) is 5.36. The number of carbonyl (C=O) groups is 3. The third-order valence-corrected chi connectivity index (χ3v) is 1.95. The van der Waals surface area contributed by atoms with Gasteiger partial charge in [-0.2, -0.15) is 12.6 Å². The minimum atomic E-state index is -1.00. The summed E-state index contributed by atoms with van der Waals surface area (Å²) < 4.78 is 0. The number of carboxylic acid groups (broad SMARTS) is 3. The van der Waals surface area contributed by atoms with Gasteiger partial charge in [0.1, 0.15) is 6.04 Å². The van der Waals surface area contributed by atoms with E-state index in [9.17, 15) is 14.4 Å². The summed E-state index contributed by atoms with van der Waals surface area (Å²) >= 11 is 3.65. The van der Waals surface area contributed by atoms with Gasteiger partial charge in [0, 0.05) is 18.6 Å². The van der Waals surface area contributed by atoms with Crippen molar-refractivity contribution in [2.75, 3.05) is 5.75 Å². The molecule has 0 heterocycles. The number of nitrogens with two attached hydrogens (primary N) is 1. The van der Waals surface area contributed by atoms with Gasteiger partial charge in [-0.3, -0.25) is 14.4 Å². The molecule has 0 saturated heterocycles. The topological polar surface area (TPSA) is 138 Å². The van der Waals surface area contributed by atoms with E-state index in [0.29, 0.717) is 0 Å². The van der Waals surface area contributed by atoms with Crippen LogP contribution in [0.25, 0.3) is 0 Å². The monoisotopic (exact) mass is 267 g/mol. The molecule has 0 aromatic carbocycles. The van der Waals surface area contributed by atoms with E-state index < -0.39 is 23.9 Å². The van der Waals surface area contributed by atoms with Crippen molar-refractivity contribution in [3.05, 3.63) is 0 Å². The highest BCUT2D eigenvalue weighted by atomic mass is 32.1. The summed E-state index contributed by atoms with van der Waals surface area (Å²) in [6, 6.07) is -0.816. The van der Waals surface area contributed by atoms with Crippen molar-refractivity contribution in [1.82, 2.24) is 0 Å². The van der Waals surface area contributed by atoms with Gasteiger partial charge in [-0.05, 0) is 5.92 Å². The molecule has 0 amide bonds. The zero-order chi connectivity index (χ0) is 14.0. The third-order valence-electron chi connectivity index (χ3n) is 1.56. The molecule has 0 saturated carbocycles. The normalized spacial score (nSPS) is 11.3. The Morgan fingerprint density at radius 2 is 1.47 bits per heavy atom. The summed E-state index contributed by atoms with van der Waals surface area (Å²) in [5.41, 5.74) is 4.94. The van der Waals surface area contributed by atoms with E-state index in [1.165, 1.54) is 0 Å². The number of carboxylic acids is 3. The minimum absolute atomic E-state index is 0.0771. The van der Waals surface area contributed by atoms with Gasteiger partial charge >= 0.3 is 17.9 Å². The largest absolute Gasteiger partial charge is 0.481 e. The first-order valence-electron chi connectivity index (χ1n) is 4.73. The molecule has 7 nitrogen and oxygen atoms in total. The van der Waals surface area contributed by atoms with Crippen LogP contribution in [0.3, 0.4) is 0 Å². The summed E-state index contributed by atoms with van der Waals surface area (Å²) in [7, 11) is 0. The first-order chi connectivity index (χ1) is 7.70. The zero-order valence-electron chi connectivity index (χ0n) is 9.37. The second kappa shape index (κ2) is 9.91. The molecule has 0 aliphatic heterocycles. The van der Waals surface area contributed by atoms with E-state index in [1.807, 2.05) is 0 Å². The van der Waals surface area contributed by atoms with Crippen LogP contribution in [0.5, 0.6) is 0 Å². The molecule has 0 spiro atoms. The number of thiol groups is 1. The highest BCUT2D eigenvalue weighted by molar-refractivity contribution is 7.80. The molecular formula is C9H17NO6S. The Morgan fingerprint density at radius 3 is 1.59 bits per heavy atom. The van der Waals surface area contributed by atoms with Gasteiger partial charge < -0.3 is 21.1 Å². The van der Waals surface area contributed by atoms with Gasteiger partial charge in [0.15, 0.2) is 0 Å². The van der Waals surface area contributed by atoms with Gasteiger partial charge in [-0.15, -0.1) is 0 Å². The number of rotatable bonds is 6. The molecule has 0 aromatic rings. The summed E-state index contributed by atoms with van der Waals surface area (Å²) in [4.78, 5) is 29.8. The lowest BCUT2D eigenvalue weighted by Gasteiger charge is -2.02. The molecule has 17 heavy (non-hydrogen) atoms. The average Bonchev–Trinajstić information content (AvgIpc) is 2.14. The van der Waals surface area contributed by atoms with Crippen LogP contribution in [-0.4, -0.2) is 45.0 Å². The lowest BCUT2D eigenvalue weighted by atomic mass is 10.1. The fourth-order valence-electron chi connectivity index (χ4n) is 0.746. The average molecular weight is 267 g/mol. The second-order valence-electron chi connectivity index (χ2n) is 3.43. The van der Waals surface area contributed by atoms with Gasteiger partial charge in [0.05, 0.1) is 0 Å². The minimum Gasteiger partial charge on any atom is -0.481 e. The number of hydrogen-bond donors (Lipinski definition) is 5. The van der Waals surface area contributed by atoms with E-state index >= 15 is 0 Å². The Morgan fingerprint density at radius 1 is 1.12 bits per heavy atom. The Hall–Kier alpha value is -1.28. The van der Waals surface area contributed by atoms with Gasteiger partial charge in [0.2, 0.25) is 0 Å². The summed E-state index contributed by atoms with van der Waals surface area (Å²) in [5, 5.41) is 24.4. The summed E-state index contributed by atoms with van der Waals surface area (Å²) in [6.45, 7) is 1.60. The SMILES string of the molecule is CC(CC(=O)O)CC(=O)O.NC(CS)C(=O)O. The van der Waals surface area contributed by atoms with Crippen LogP contribution in [0, 0.1) is 5.92 Å². The molecular weight excluding hydrogens is 250 g/mol. The summed E-state index contributed by atoms with van der Waals surface area (Å²) in [5.74, 6) is -3.00. The van der Waals surface area contributed by atoms with Crippen molar-refractivity contribution in [3.63, 3.8) is 0 Å². The molecule has 1 atom stereocenters. The Kier molecular flexibility index (Phi) is 10.6. The molecule has 0 radical (unpaired) electrons. The van der Waals surface area contributed by atoms with E-state index in [0.717, 1.165) is 0 Å². The van der Waals surface area contributed by atoms with Crippen molar-refractivity contribution < 1.29 is 29.7 Å². The molecule has 0 rings (SSSR count). The van der Waals surface area contributed by atoms with Crippen LogP contribution in [0.15, 0.2) is 0 Å². The quantitative estimate of drug-likeness (QED) is 0.423. The molecule has 1 unspecified atom stereocenters. The molecule has 0 aliphatic carbocycles. The van der Waals surface area contributed by atoms with Gasteiger partial charge in [-0.1, -0.05) is 6.92 Å². The van der Waals surface area contributed by atoms with Crippen molar-refractivity contribution in [3.8, 4) is 0 Å². The maximum Gasteiger partial charge on any atom is 0.321 e. The van der Waals surface area contributed by atoms with E-state index in [4.69, 9.17) is 21.1 Å². The molecule has 0 bridgehead atoms. The van der Waals surface area contributed by atoms with Crippen molar-refractivity contribution in [2.45, 2.75) is 25.8 Å². The van der Waals surface area contributed by atoms with Crippen LogP contribution < -0.4 is 5.73 Å². The predicted octanol–water partition coefficient (Wildman–Crippen LogP) is -0.1000. The maximum atomic E-state index is 10.00. The number of aliphatic carboxylic acids is 3. The highest BCUT2D eigenvalue weighted by Gasteiger charge is 2.10. The van der Waals surface area contributed by atoms with Crippen molar-refractivity contribution >= 4 is 30.5 Å². The van der Waals surface area contributed by atoms with Crippen LogP contribution in [0.4, 0.5) is 0 Å². The molecule has 5 N–H and O–H groups in total. The molecule has 100 valence electrons. The van der Waals surface area contributed by atoms with Crippen LogP contribution in [0.2, 0.25) is 0 Å². The molecule has 0 fully saturated rings. The van der Waals surface area contributed by atoms with Crippen LogP contribution in [-0.2, 0) is 14.4 Å².